The van der Waals surface area contributed by atoms with E-state index in [2.05, 4.69) is 106 Å². The smallest absolute Gasteiger partial charge is 0.399 e. The van der Waals surface area contributed by atoms with Gasteiger partial charge < -0.3 is 9.31 Å². The van der Waals surface area contributed by atoms with Crippen LogP contribution in [0.3, 0.4) is 0 Å². The number of rotatable bonds is 1. The lowest BCUT2D eigenvalue weighted by molar-refractivity contribution is 0.00578. The molecule has 5 heteroatoms. The van der Waals surface area contributed by atoms with Gasteiger partial charge >= 0.3 is 7.12 Å². The monoisotopic (exact) mass is 410 g/mol. The number of allylic oxidation sites excluding steroid dienone is 4. The van der Waals surface area contributed by atoms with Gasteiger partial charge in [-0.2, -0.15) is 0 Å². The average Bonchev–Trinajstić information content (AvgIpc) is 3.22. The van der Waals surface area contributed by atoms with Gasteiger partial charge in [-0.25, -0.2) is 4.98 Å². The minimum absolute atomic E-state index is 0.140. The van der Waals surface area contributed by atoms with Gasteiger partial charge in [-0.3, -0.25) is 4.57 Å². The third kappa shape index (κ3) is 2.48. The van der Waals surface area contributed by atoms with Crippen molar-refractivity contribution in [3.63, 3.8) is 0 Å². The zero-order valence-corrected chi connectivity index (χ0v) is 18.7. The lowest BCUT2D eigenvalue weighted by atomic mass is 9.61. The number of imidazole rings is 1. The molecule has 0 N–H and O–H groups in total. The van der Waals surface area contributed by atoms with Crippen LogP contribution in [0, 0.1) is 0 Å². The Balaban J connectivity index is 1.53. The van der Waals surface area contributed by atoms with E-state index in [-0.39, 0.29) is 29.7 Å². The van der Waals surface area contributed by atoms with E-state index in [9.17, 15) is 0 Å². The van der Waals surface area contributed by atoms with Crippen molar-refractivity contribution in [1.29, 1.82) is 0 Å². The molecule has 0 radical (unpaired) electrons. The lowest BCUT2D eigenvalue weighted by Crippen LogP contribution is -2.41. The normalized spacial score (nSPS) is 27.6. The summed E-state index contributed by atoms with van der Waals surface area (Å²) in [5.74, 6) is 1.23. The molecule has 0 spiro atoms. The molecule has 2 aromatic carbocycles. The second-order valence-electron chi connectivity index (χ2n) is 10.2. The van der Waals surface area contributed by atoms with Crippen LogP contribution in [0.2, 0.25) is 0 Å². The molecular formula is C26H27BN2O2. The Morgan fingerprint density at radius 2 is 1.58 bits per heavy atom. The molecule has 1 aromatic heterocycles. The maximum Gasteiger partial charge on any atom is 0.494 e. The van der Waals surface area contributed by atoms with Crippen LogP contribution in [0.25, 0.3) is 16.7 Å². The molecule has 1 aliphatic carbocycles. The summed E-state index contributed by atoms with van der Waals surface area (Å²) in [5.41, 5.74) is 4.81. The first kappa shape index (κ1) is 19.1. The quantitative estimate of drug-likeness (QED) is 0.497. The predicted octanol–water partition coefficient (Wildman–Crippen LogP) is 5.51. The molecule has 31 heavy (non-hydrogen) atoms. The van der Waals surface area contributed by atoms with Crippen LogP contribution in [-0.4, -0.2) is 27.9 Å². The van der Waals surface area contributed by atoms with Crippen molar-refractivity contribution >= 4 is 18.2 Å². The summed E-state index contributed by atoms with van der Waals surface area (Å²) >= 11 is 0. The van der Waals surface area contributed by atoms with E-state index < -0.39 is 0 Å². The van der Waals surface area contributed by atoms with Crippen LogP contribution in [0.5, 0.6) is 0 Å². The van der Waals surface area contributed by atoms with Crippen LogP contribution < -0.4 is 0 Å². The molecule has 2 aliphatic heterocycles. The average molecular weight is 410 g/mol. The van der Waals surface area contributed by atoms with E-state index in [0.717, 1.165) is 22.3 Å². The Morgan fingerprint density at radius 1 is 0.903 bits per heavy atom. The summed E-state index contributed by atoms with van der Waals surface area (Å²) in [5, 5.41) is 0. The van der Waals surface area contributed by atoms with Gasteiger partial charge in [0.1, 0.15) is 5.82 Å². The Labute approximate surface area is 183 Å². The maximum atomic E-state index is 6.37. The first-order valence-electron chi connectivity index (χ1n) is 11.1. The molecule has 4 nitrogen and oxygen atoms in total. The number of nitrogens with zero attached hydrogens (tertiary/aromatic N) is 2. The fourth-order valence-electron chi connectivity index (χ4n) is 5.25. The van der Waals surface area contributed by atoms with Gasteiger partial charge in [-0.15, -0.1) is 0 Å². The molecular weight excluding hydrogens is 383 g/mol. The Morgan fingerprint density at radius 3 is 2.35 bits per heavy atom. The van der Waals surface area contributed by atoms with E-state index in [1.165, 1.54) is 11.3 Å². The summed E-state index contributed by atoms with van der Waals surface area (Å²) in [7, 11) is -0.369. The van der Waals surface area contributed by atoms with Gasteiger partial charge in [0.15, 0.2) is 0 Å². The molecule has 3 aromatic rings. The molecule has 156 valence electrons. The fourth-order valence-corrected chi connectivity index (χ4v) is 5.25. The minimum atomic E-state index is -0.369. The third-order valence-corrected chi connectivity index (χ3v) is 7.71. The molecule has 2 atom stereocenters. The molecule has 6 rings (SSSR count). The molecule has 0 amide bonds. The molecule has 1 saturated heterocycles. The molecule has 3 heterocycles. The van der Waals surface area contributed by atoms with Crippen molar-refractivity contribution in [3.8, 4) is 5.69 Å². The highest BCUT2D eigenvalue weighted by atomic mass is 16.7. The lowest BCUT2D eigenvalue weighted by Gasteiger charge is -2.42. The van der Waals surface area contributed by atoms with Gasteiger partial charge in [0.2, 0.25) is 0 Å². The molecule has 2 unspecified atom stereocenters. The summed E-state index contributed by atoms with van der Waals surface area (Å²) < 4.78 is 15.1. The van der Waals surface area contributed by atoms with Gasteiger partial charge in [0.25, 0.3) is 0 Å². The van der Waals surface area contributed by atoms with Crippen LogP contribution >= 0.6 is 0 Å². The topological polar surface area (TPSA) is 36.3 Å². The van der Waals surface area contributed by atoms with Crippen molar-refractivity contribution in [3.05, 3.63) is 83.6 Å². The highest BCUT2D eigenvalue weighted by Crippen LogP contribution is 2.52. The zero-order chi connectivity index (χ0) is 21.6. The van der Waals surface area contributed by atoms with Crippen LogP contribution in [0.15, 0.2) is 72.2 Å². The first-order chi connectivity index (χ1) is 14.7. The SMILES string of the molecule is CC12C=C(B3OC(C)(C)C(C)(C)O3)C=CC1c1nc3ccccc3n1-c1ccccc12. The number of benzene rings is 2. The minimum Gasteiger partial charge on any atom is -0.399 e. The van der Waals surface area contributed by atoms with E-state index in [1.54, 1.807) is 0 Å². The fraction of sp³-hybridized carbons (Fsp3) is 0.346. The first-order valence-corrected chi connectivity index (χ1v) is 11.1. The van der Waals surface area contributed by atoms with Gasteiger partial charge in [-0.1, -0.05) is 55.5 Å². The van der Waals surface area contributed by atoms with Crippen molar-refractivity contribution in [2.75, 3.05) is 0 Å². The summed E-state index contributed by atoms with van der Waals surface area (Å²) in [6, 6.07) is 17.1. The second-order valence-corrected chi connectivity index (χ2v) is 10.2. The number of para-hydroxylation sites is 3. The van der Waals surface area contributed by atoms with Crippen LogP contribution in [0.1, 0.15) is 51.9 Å². The van der Waals surface area contributed by atoms with Gasteiger partial charge in [0.05, 0.1) is 27.9 Å². The van der Waals surface area contributed by atoms with E-state index >= 15 is 0 Å². The van der Waals surface area contributed by atoms with Gasteiger partial charge in [0, 0.05) is 11.3 Å². The molecule has 3 aliphatic rings. The van der Waals surface area contributed by atoms with Crippen molar-refractivity contribution < 1.29 is 9.31 Å². The Bertz CT molecular complexity index is 1270. The number of hydrogen-bond acceptors (Lipinski definition) is 3. The second kappa shape index (κ2) is 5.99. The van der Waals surface area contributed by atoms with E-state index in [0.29, 0.717) is 0 Å². The van der Waals surface area contributed by atoms with Crippen molar-refractivity contribution in [2.45, 2.75) is 57.2 Å². The molecule has 1 fully saturated rings. The third-order valence-electron chi connectivity index (χ3n) is 7.71. The summed E-state index contributed by atoms with van der Waals surface area (Å²) in [6.45, 7) is 10.7. The van der Waals surface area contributed by atoms with Gasteiger partial charge in [-0.05, 0) is 56.9 Å². The number of fused-ring (bicyclic) bond motifs is 8. The number of aromatic nitrogens is 2. The highest BCUT2D eigenvalue weighted by Gasteiger charge is 2.54. The van der Waals surface area contributed by atoms with E-state index in [4.69, 9.17) is 14.3 Å². The van der Waals surface area contributed by atoms with Crippen LogP contribution in [-0.2, 0) is 14.7 Å². The molecule has 0 saturated carbocycles. The standard InChI is InChI=1S/C26H27BN2O2/c1-24(2)25(3,4)31-27(30-24)17-14-15-19-23-28-20-11-7-9-13-22(20)29(23)21-12-8-6-10-18(21)26(19,5)16-17/h6-16,19H,1-5H3. The predicted molar refractivity (Wildman–Crippen MR) is 124 cm³/mol. The van der Waals surface area contributed by atoms with Crippen molar-refractivity contribution in [1.82, 2.24) is 9.55 Å². The van der Waals surface area contributed by atoms with Crippen LogP contribution in [0.4, 0.5) is 0 Å². The maximum absolute atomic E-state index is 6.37. The molecule has 0 bridgehead atoms. The number of hydrogen-bond donors (Lipinski definition) is 0. The van der Waals surface area contributed by atoms with Crippen molar-refractivity contribution in [2.24, 2.45) is 0 Å². The highest BCUT2D eigenvalue weighted by molar-refractivity contribution is 6.55. The largest absolute Gasteiger partial charge is 0.494 e. The Kier molecular flexibility index (Phi) is 3.69. The zero-order valence-electron chi connectivity index (χ0n) is 18.7. The Hall–Kier alpha value is -2.63. The summed E-state index contributed by atoms with van der Waals surface area (Å²) in [4.78, 5) is 5.07. The van der Waals surface area contributed by atoms with E-state index in [1.807, 2.05) is 0 Å². The summed E-state index contributed by atoms with van der Waals surface area (Å²) in [6.07, 6.45) is 6.81.